The van der Waals surface area contributed by atoms with Crippen LogP contribution in [-0.4, -0.2) is 6.54 Å². The van der Waals surface area contributed by atoms with Gasteiger partial charge in [0.15, 0.2) is 0 Å². The summed E-state index contributed by atoms with van der Waals surface area (Å²) in [6.07, 6.45) is 2.45. The Labute approximate surface area is 87.5 Å². The van der Waals surface area contributed by atoms with Gasteiger partial charge in [0, 0.05) is 4.70 Å². The molecule has 3 rings (SSSR count). The number of aryl methyl sites for hydroxylation is 1. The molecule has 0 saturated heterocycles. The zero-order chi connectivity index (χ0) is 9.54. The van der Waals surface area contributed by atoms with Crippen molar-refractivity contribution in [1.29, 1.82) is 0 Å². The molecule has 2 N–H and O–H groups in total. The first kappa shape index (κ1) is 8.45. The Morgan fingerprint density at radius 1 is 1.43 bits per heavy atom. The Kier molecular flexibility index (Phi) is 1.85. The van der Waals surface area contributed by atoms with Gasteiger partial charge < -0.3 is 5.73 Å². The average molecular weight is 203 g/mol. The standard InChI is InChI=1S/C12H13NS/c13-7-10-2-1-8-6-12-9(3-4-14-12)5-11(8)10/h3-6,10H,1-2,7,13H2. The summed E-state index contributed by atoms with van der Waals surface area (Å²) in [5.74, 6) is 0.606. The molecule has 1 aromatic heterocycles. The molecule has 2 heteroatoms. The summed E-state index contributed by atoms with van der Waals surface area (Å²) in [7, 11) is 0. The Bertz CT molecular complexity index is 472. The van der Waals surface area contributed by atoms with Crippen LogP contribution < -0.4 is 5.73 Å². The zero-order valence-electron chi connectivity index (χ0n) is 7.99. The maximum absolute atomic E-state index is 5.77. The highest BCUT2D eigenvalue weighted by molar-refractivity contribution is 7.17. The maximum Gasteiger partial charge on any atom is 0.0345 e. The predicted octanol–water partition coefficient (Wildman–Crippen LogP) is 2.89. The Morgan fingerprint density at radius 2 is 2.36 bits per heavy atom. The SMILES string of the molecule is NCC1CCc2cc3sccc3cc21. The number of fused-ring (bicyclic) bond motifs is 2. The van der Waals surface area contributed by atoms with Crippen molar-refractivity contribution in [2.75, 3.05) is 6.54 Å². The maximum atomic E-state index is 5.77. The third-order valence-electron chi connectivity index (χ3n) is 3.20. The van der Waals surface area contributed by atoms with E-state index in [1.165, 1.54) is 34.1 Å². The number of nitrogens with two attached hydrogens (primary N) is 1. The molecule has 1 heterocycles. The molecule has 1 unspecified atom stereocenters. The summed E-state index contributed by atoms with van der Waals surface area (Å²) in [4.78, 5) is 0. The monoisotopic (exact) mass is 203 g/mol. The number of hydrogen-bond acceptors (Lipinski definition) is 2. The molecule has 1 aliphatic rings. The van der Waals surface area contributed by atoms with Gasteiger partial charge in [-0.25, -0.2) is 0 Å². The number of hydrogen-bond donors (Lipinski definition) is 1. The van der Waals surface area contributed by atoms with Crippen LogP contribution >= 0.6 is 11.3 Å². The minimum Gasteiger partial charge on any atom is -0.330 e. The molecule has 2 aromatic rings. The van der Waals surface area contributed by atoms with Gasteiger partial charge in [-0.3, -0.25) is 0 Å². The van der Waals surface area contributed by atoms with Crippen molar-refractivity contribution in [2.24, 2.45) is 5.73 Å². The van der Waals surface area contributed by atoms with Crippen molar-refractivity contribution in [2.45, 2.75) is 18.8 Å². The van der Waals surface area contributed by atoms with Crippen LogP contribution in [0.25, 0.3) is 10.1 Å². The van der Waals surface area contributed by atoms with Crippen LogP contribution in [0.1, 0.15) is 23.5 Å². The molecule has 1 nitrogen and oxygen atoms in total. The van der Waals surface area contributed by atoms with Crippen molar-refractivity contribution in [1.82, 2.24) is 0 Å². The summed E-state index contributed by atoms with van der Waals surface area (Å²) in [5.41, 5.74) is 8.79. The second-order valence-electron chi connectivity index (χ2n) is 3.98. The van der Waals surface area contributed by atoms with Gasteiger partial charge >= 0.3 is 0 Å². The zero-order valence-corrected chi connectivity index (χ0v) is 8.81. The highest BCUT2D eigenvalue weighted by Gasteiger charge is 2.21. The molecule has 0 bridgehead atoms. The van der Waals surface area contributed by atoms with E-state index in [1.807, 2.05) is 11.3 Å². The van der Waals surface area contributed by atoms with E-state index < -0.39 is 0 Å². The van der Waals surface area contributed by atoms with E-state index in [1.54, 1.807) is 0 Å². The predicted molar refractivity (Wildman–Crippen MR) is 61.9 cm³/mol. The molecule has 1 aromatic carbocycles. The highest BCUT2D eigenvalue weighted by Crippen LogP contribution is 2.36. The van der Waals surface area contributed by atoms with Crippen LogP contribution in [0.4, 0.5) is 0 Å². The molecule has 1 aliphatic carbocycles. The van der Waals surface area contributed by atoms with Crippen LogP contribution in [0.3, 0.4) is 0 Å². The normalized spacial score (nSPS) is 20.2. The van der Waals surface area contributed by atoms with Crippen molar-refractivity contribution in [3.8, 4) is 0 Å². The van der Waals surface area contributed by atoms with E-state index in [9.17, 15) is 0 Å². The number of benzene rings is 1. The first-order valence-corrected chi connectivity index (χ1v) is 5.96. The van der Waals surface area contributed by atoms with Gasteiger partial charge in [-0.05, 0) is 65.4 Å². The quantitative estimate of drug-likeness (QED) is 0.757. The van der Waals surface area contributed by atoms with Gasteiger partial charge in [0.25, 0.3) is 0 Å². The largest absolute Gasteiger partial charge is 0.330 e. The lowest BCUT2D eigenvalue weighted by Crippen LogP contribution is -2.08. The minimum atomic E-state index is 0.606. The smallest absolute Gasteiger partial charge is 0.0345 e. The first-order chi connectivity index (χ1) is 6.88. The van der Waals surface area contributed by atoms with E-state index in [0.717, 1.165) is 6.54 Å². The van der Waals surface area contributed by atoms with Crippen molar-refractivity contribution < 1.29 is 0 Å². The molecule has 72 valence electrons. The highest BCUT2D eigenvalue weighted by atomic mass is 32.1. The summed E-state index contributed by atoms with van der Waals surface area (Å²) in [5, 5.41) is 3.55. The lowest BCUT2D eigenvalue weighted by Gasteiger charge is -2.07. The second-order valence-corrected chi connectivity index (χ2v) is 4.93. The van der Waals surface area contributed by atoms with E-state index in [4.69, 9.17) is 5.73 Å². The van der Waals surface area contributed by atoms with Crippen LogP contribution in [0, 0.1) is 0 Å². The fourth-order valence-corrected chi connectivity index (χ4v) is 3.23. The number of rotatable bonds is 1. The number of thiophene rings is 1. The molecular weight excluding hydrogens is 190 g/mol. The fourth-order valence-electron chi connectivity index (χ4n) is 2.40. The van der Waals surface area contributed by atoms with Crippen LogP contribution in [0.15, 0.2) is 23.6 Å². The molecule has 1 atom stereocenters. The summed E-state index contributed by atoms with van der Waals surface area (Å²) < 4.78 is 1.42. The molecule has 0 saturated carbocycles. The first-order valence-electron chi connectivity index (χ1n) is 5.08. The van der Waals surface area contributed by atoms with Crippen LogP contribution in [0.2, 0.25) is 0 Å². The molecule has 14 heavy (non-hydrogen) atoms. The third kappa shape index (κ3) is 1.11. The van der Waals surface area contributed by atoms with E-state index in [-0.39, 0.29) is 0 Å². The van der Waals surface area contributed by atoms with Gasteiger partial charge in [-0.2, -0.15) is 0 Å². The van der Waals surface area contributed by atoms with Crippen LogP contribution in [0.5, 0.6) is 0 Å². The van der Waals surface area contributed by atoms with Crippen molar-refractivity contribution in [3.63, 3.8) is 0 Å². The molecule has 0 spiro atoms. The Morgan fingerprint density at radius 3 is 3.21 bits per heavy atom. The topological polar surface area (TPSA) is 26.0 Å². The molecular formula is C12H13NS. The van der Waals surface area contributed by atoms with Gasteiger partial charge in [0.1, 0.15) is 0 Å². The fraction of sp³-hybridized carbons (Fsp3) is 0.333. The molecule has 0 radical (unpaired) electrons. The Balaban J connectivity index is 2.23. The minimum absolute atomic E-state index is 0.606. The summed E-state index contributed by atoms with van der Waals surface area (Å²) >= 11 is 1.83. The van der Waals surface area contributed by atoms with Crippen LogP contribution in [-0.2, 0) is 6.42 Å². The second kappa shape index (κ2) is 3.07. The van der Waals surface area contributed by atoms with Crippen molar-refractivity contribution >= 4 is 21.4 Å². The van der Waals surface area contributed by atoms with Gasteiger partial charge in [0.2, 0.25) is 0 Å². The third-order valence-corrected chi connectivity index (χ3v) is 4.08. The molecule has 0 fully saturated rings. The van der Waals surface area contributed by atoms with E-state index in [2.05, 4.69) is 23.6 Å². The average Bonchev–Trinajstić information content (AvgIpc) is 2.78. The van der Waals surface area contributed by atoms with Gasteiger partial charge in [-0.15, -0.1) is 11.3 Å². The van der Waals surface area contributed by atoms with Gasteiger partial charge in [-0.1, -0.05) is 0 Å². The van der Waals surface area contributed by atoms with Crippen molar-refractivity contribution in [3.05, 3.63) is 34.7 Å². The molecule has 0 aliphatic heterocycles. The Hall–Kier alpha value is -0.860. The van der Waals surface area contributed by atoms with E-state index in [0.29, 0.717) is 5.92 Å². The lowest BCUT2D eigenvalue weighted by molar-refractivity contribution is 0.688. The summed E-state index contributed by atoms with van der Waals surface area (Å²) in [6, 6.07) is 6.89. The van der Waals surface area contributed by atoms with E-state index >= 15 is 0 Å². The van der Waals surface area contributed by atoms with Gasteiger partial charge in [0.05, 0.1) is 0 Å². The lowest BCUT2D eigenvalue weighted by atomic mass is 10.0. The molecule has 0 amide bonds. The summed E-state index contributed by atoms with van der Waals surface area (Å²) in [6.45, 7) is 0.794.